The molecule has 0 aromatic carbocycles. The molecule has 0 saturated heterocycles. The van der Waals surface area contributed by atoms with Crippen LogP contribution in [-0.2, 0) is 27.2 Å². The molecule has 0 aliphatic heterocycles. The third-order valence-electron chi connectivity index (χ3n) is 3.58. The van der Waals surface area contributed by atoms with Crippen molar-refractivity contribution in [1.29, 1.82) is 0 Å². The number of hydrogen-bond acceptors (Lipinski definition) is 6. The first kappa shape index (κ1) is 58.5. The normalized spacial score (nSPS) is 12.0. The van der Waals surface area contributed by atoms with Crippen LogP contribution in [0.25, 0.3) is 0 Å². The van der Waals surface area contributed by atoms with Crippen molar-refractivity contribution in [2.75, 3.05) is 28.4 Å². The second-order valence-electron chi connectivity index (χ2n) is 6.07. The molecule has 0 aromatic heterocycles. The zero-order valence-electron chi connectivity index (χ0n) is 20.3. The van der Waals surface area contributed by atoms with E-state index in [1.54, 1.807) is 0 Å². The van der Waals surface area contributed by atoms with Gasteiger partial charge in [0.2, 0.25) is 5.92 Å². The first-order valence-electron chi connectivity index (χ1n) is 9.19. The number of rotatable bonds is 11. The molecule has 0 amide bonds. The molecule has 2 atom stereocenters. The third-order valence-corrected chi connectivity index (χ3v) is 7.32. The van der Waals surface area contributed by atoms with Crippen LogP contribution in [0.4, 0.5) is 43.9 Å². The van der Waals surface area contributed by atoms with Crippen molar-refractivity contribution in [3.05, 3.63) is 37.5 Å². The standard InChI is InChI=1S/C10H18F5O3P.C4H9O3P.C2HF3.C2H2F2.4CH4/c1-5-10(14,15)6-7(8(11)9(2,12)13)19(16,17-3)18-4;1-4-8(5,6-2)7-3;3-1-2(4)5;1-2(3)4;;;;/h7-8H,5-6H2,1-4H3;4H,1H2,2-3H3;1H;1H2;4*1H4. The first-order chi connectivity index (χ1) is 16.1. The fourth-order valence-electron chi connectivity index (χ4n) is 1.73. The summed E-state index contributed by atoms with van der Waals surface area (Å²) in [4.78, 5) is 0. The molecule has 0 bridgehead atoms. The summed E-state index contributed by atoms with van der Waals surface area (Å²) in [5.74, 6) is -6.21. The Morgan fingerprint density at radius 1 is 0.875 bits per heavy atom. The molecule has 40 heavy (non-hydrogen) atoms. The van der Waals surface area contributed by atoms with Crippen molar-refractivity contribution < 1.29 is 71.1 Å². The summed E-state index contributed by atoms with van der Waals surface area (Å²) in [5.41, 5.74) is -2.24. The predicted octanol–water partition coefficient (Wildman–Crippen LogP) is 11.5. The maximum Gasteiger partial charge on any atom is 0.353 e. The Bertz CT molecular complexity index is 726. The lowest BCUT2D eigenvalue weighted by Crippen LogP contribution is -2.40. The van der Waals surface area contributed by atoms with Gasteiger partial charge in [0.25, 0.3) is 18.1 Å². The largest absolute Gasteiger partial charge is 0.353 e. The molecule has 2 unspecified atom stereocenters. The van der Waals surface area contributed by atoms with Crippen molar-refractivity contribution >= 4 is 15.2 Å². The minimum atomic E-state index is -4.39. The van der Waals surface area contributed by atoms with E-state index >= 15 is 0 Å². The van der Waals surface area contributed by atoms with E-state index in [4.69, 9.17) is 0 Å². The van der Waals surface area contributed by atoms with Gasteiger partial charge in [0, 0.05) is 54.0 Å². The Hall–Kier alpha value is -1.18. The average molecular weight is 659 g/mol. The molecule has 0 radical (unpaired) electrons. The van der Waals surface area contributed by atoms with Gasteiger partial charge in [-0.1, -0.05) is 43.2 Å². The maximum absolute atomic E-state index is 13.7. The molecule has 0 aliphatic rings. The van der Waals surface area contributed by atoms with Gasteiger partial charge in [0.05, 0.1) is 0 Å². The molecule has 0 saturated carbocycles. The van der Waals surface area contributed by atoms with Crippen LogP contribution in [0.1, 0.15) is 56.4 Å². The Balaban J connectivity index is -0.0000000679. The molecule has 0 aromatic rings. The molecule has 6 nitrogen and oxygen atoms in total. The van der Waals surface area contributed by atoms with Crippen molar-refractivity contribution in [3.63, 3.8) is 0 Å². The van der Waals surface area contributed by atoms with Crippen LogP contribution in [0.3, 0.4) is 0 Å². The van der Waals surface area contributed by atoms with Crippen LogP contribution in [0.5, 0.6) is 0 Å². The van der Waals surface area contributed by atoms with Crippen molar-refractivity contribution in [2.24, 2.45) is 0 Å². The first-order valence-corrected chi connectivity index (χ1v) is 12.4. The molecule has 0 aliphatic carbocycles. The van der Waals surface area contributed by atoms with Crippen LogP contribution in [0, 0.1) is 0 Å². The third kappa shape index (κ3) is 29.8. The Morgan fingerprint density at radius 2 is 1.18 bits per heavy atom. The quantitative estimate of drug-likeness (QED) is 0.163. The number of alkyl halides is 5. The summed E-state index contributed by atoms with van der Waals surface area (Å²) in [7, 11) is -2.99. The lowest BCUT2D eigenvalue weighted by molar-refractivity contribution is -0.0775. The van der Waals surface area contributed by atoms with E-state index in [9.17, 15) is 53.0 Å². The Labute approximate surface area is 232 Å². The lowest BCUT2D eigenvalue weighted by Gasteiger charge is -2.31. The zero-order chi connectivity index (χ0) is 30.0. The Morgan fingerprint density at radius 3 is 1.30 bits per heavy atom. The monoisotopic (exact) mass is 658 g/mol. The van der Waals surface area contributed by atoms with Gasteiger partial charge in [-0.25, -0.2) is 26.3 Å². The highest BCUT2D eigenvalue weighted by Crippen LogP contribution is 2.58. The van der Waals surface area contributed by atoms with E-state index in [2.05, 4.69) is 31.3 Å². The van der Waals surface area contributed by atoms with E-state index in [0.717, 1.165) is 27.0 Å². The van der Waals surface area contributed by atoms with Crippen LogP contribution in [-0.4, -0.2) is 52.1 Å². The van der Waals surface area contributed by atoms with E-state index in [-0.39, 0.29) is 36.6 Å². The molecule has 0 fully saturated rings. The number of halogens is 10. The molecule has 18 heteroatoms. The number of hydrogen-bond donors (Lipinski definition) is 0. The smallest absolute Gasteiger partial charge is 0.312 e. The van der Waals surface area contributed by atoms with Gasteiger partial charge in [-0.15, -0.1) is 0 Å². The summed E-state index contributed by atoms with van der Waals surface area (Å²) in [5, 5.41) is 0. The Kier molecular flexibility index (Phi) is 40.9. The van der Waals surface area contributed by atoms with Gasteiger partial charge >= 0.3 is 15.2 Å². The summed E-state index contributed by atoms with van der Waals surface area (Å²) < 4.78 is 158. The van der Waals surface area contributed by atoms with E-state index in [1.807, 2.05) is 0 Å². The predicted molar refractivity (Wildman–Crippen MR) is 142 cm³/mol. The van der Waals surface area contributed by atoms with Gasteiger partial charge in [-0.05, 0) is 6.58 Å². The van der Waals surface area contributed by atoms with Crippen LogP contribution >= 0.6 is 15.2 Å². The highest BCUT2D eigenvalue weighted by molar-refractivity contribution is 7.57. The molecule has 0 rings (SSSR count). The average Bonchev–Trinajstić information content (AvgIpc) is 2.80. The summed E-state index contributed by atoms with van der Waals surface area (Å²) in [6.07, 6.45) is -9.97. The molecule has 0 N–H and O–H groups in total. The van der Waals surface area contributed by atoms with Gasteiger partial charge < -0.3 is 18.1 Å². The van der Waals surface area contributed by atoms with Crippen LogP contribution < -0.4 is 0 Å². The van der Waals surface area contributed by atoms with E-state index < -0.39 is 70.2 Å². The SMILES string of the molecule is C.C.C.C.C=C(F)F.C=CP(=O)(OC)OC.CCC(F)(F)CC(C(F)C(C)(F)F)P(=O)(OC)OC.FC=C(F)F. The fourth-order valence-corrected chi connectivity index (χ4v) is 3.94. The molecular formula is C22H46F10O6P2. The van der Waals surface area contributed by atoms with Gasteiger partial charge in [0.15, 0.2) is 12.5 Å². The highest BCUT2D eigenvalue weighted by Gasteiger charge is 2.53. The molecule has 0 spiro atoms. The lowest BCUT2D eigenvalue weighted by atomic mass is 10.0. The van der Waals surface area contributed by atoms with E-state index in [1.165, 1.54) is 14.2 Å². The maximum atomic E-state index is 13.7. The van der Waals surface area contributed by atoms with Crippen molar-refractivity contribution in [3.8, 4) is 0 Å². The second kappa shape index (κ2) is 28.0. The summed E-state index contributed by atoms with van der Waals surface area (Å²) in [6, 6.07) is 0. The molecule has 250 valence electrons. The van der Waals surface area contributed by atoms with E-state index in [0.29, 0.717) is 0 Å². The topological polar surface area (TPSA) is 71.1 Å². The van der Waals surface area contributed by atoms with Crippen molar-refractivity contribution in [2.45, 2.75) is 80.1 Å². The van der Waals surface area contributed by atoms with Crippen LogP contribution in [0.15, 0.2) is 37.5 Å². The zero-order valence-corrected chi connectivity index (χ0v) is 22.1. The summed E-state index contributed by atoms with van der Waals surface area (Å²) >= 11 is 0. The molecule has 0 heterocycles. The highest BCUT2D eigenvalue weighted by atomic mass is 31.2. The van der Waals surface area contributed by atoms with Crippen molar-refractivity contribution in [1.82, 2.24) is 0 Å². The van der Waals surface area contributed by atoms with Gasteiger partial charge in [-0.3, -0.25) is 9.13 Å². The summed E-state index contributed by atoms with van der Waals surface area (Å²) in [6.45, 7) is 6.82. The van der Waals surface area contributed by atoms with Gasteiger partial charge in [0.1, 0.15) is 5.66 Å². The minimum absolute atomic E-state index is 0. The second-order valence-corrected chi connectivity index (χ2v) is 10.7. The minimum Gasteiger partial charge on any atom is -0.312 e. The van der Waals surface area contributed by atoms with Crippen LogP contribution in [0.2, 0.25) is 0 Å². The fraction of sp³-hybridized carbons (Fsp3) is 0.727. The van der Waals surface area contributed by atoms with Gasteiger partial charge in [-0.2, -0.15) is 17.6 Å². The molecular weight excluding hydrogens is 612 g/mol.